The second-order valence-corrected chi connectivity index (χ2v) is 4.60. The summed E-state index contributed by atoms with van der Waals surface area (Å²) in [5.41, 5.74) is 0.840. The van der Waals surface area contributed by atoms with Gasteiger partial charge in [0.2, 0.25) is 0 Å². The highest BCUT2D eigenvalue weighted by Gasteiger charge is 2.15. The van der Waals surface area contributed by atoms with Gasteiger partial charge in [0.15, 0.2) is 0 Å². The van der Waals surface area contributed by atoms with Crippen molar-refractivity contribution in [3.8, 4) is 0 Å². The zero-order chi connectivity index (χ0) is 12.1. The van der Waals surface area contributed by atoms with Crippen LogP contribution in [0, 0.1) is 13.8 Å². The molecule has 1 N–H and O–H groups in total. The first kappa shape index (κ1) is 12.9. The Morgan fingerprint density at radius 1 is 1.69 bits per heavy atom. The number of aryl methyl sites for hydroxylation is 2. The number of nitrogens with zero attached hydrogens (tertiary/aromatic N) is 1. The van der Waals surface area contributed by atoms with E-state index in [0.29, 0.717) is 6.61 Å². The molecule has 0 bridgehead atoms. The van der Waals surface area contributed by atoms with Gasteiger partial charge in [-0.25, -0.2) is 4.98 Å². The third-order valence-electron chi connectivity index (χ3n) is 1.97. The van der Waals surface area contributed by atoms with Gasteiger partial charge in [0.05, 0.1) is 17.3 Å². The summed E-state index contributed by atoms with van der Waals surface area (Å²) in [6, 6.07) is 0. The minimum atomic E-state index is -0.486. The second-order valence-electron chi connectivity index (χ2n) is 3.40. The highest BCUT2D eigenvalue weighted by molar-refractivity contribution is 7.16. The molecule has 0 unspecified atom stereocenters. The van der Waals surface area contributed by atoms with Crippen molar-refractivity contribution < 1.29 is 9.53 Å². The van der Waals surface area contributed by atoms with Gasteiger partial charge in [0.25, 0.3) is 5.91 Å². The molecule has 0 saturated heterocycles. The lowest BCUT2D eigenvalue weighted by molar-refractivity contribution is -0.125. The van der Waals surface area contributed by atoms with Crippen LogP contribution in [0.25, 0.3) is 0 Å². The van der Waals surface area contributed by atoms with Crippen LogP contribution in [0.2, 0.25) is 0 Å². The molecule has 0 aliphatic rings. The quantitative estimate of drug-likeness (QED) is 0.803. The molecule has 1 aromatic heterocycles. The number of ether oxygens (including phenoxy) is 1. The Morgan fingerprint density at radius 2 is 2.38 bits per heavy atom. The molecule has 1 rings (SSSR count). The third kappa shape index (κ3) is 3.43. The van der Waals surface area contributed by atoms with E-state index in [0.717, 1.165) is 15.7 Å². The van der Waals surface area contributed by atoms with Crippen molar-refractivity contribution in [3.63, 3.8) is 0 Å². The Morgan fingerprint density at radius 3 is 2.88 bits per heavy atom. The summed E-state index contributed by atoms with van der Waals surface area (Å²) < 4.78 is 5.23. The fourth-order valence-corrected chi connectivity index (χ4v) is 1.97. The SMILES string of the molecule is C=CCO[C@@H](C)C(=O)Nc1sc(C)nc1C. The zero-order valence-electron chi connectivity index (χ0n) is 9.74. The number of aromatic nitrogens is 1. The molecular weight excluding hydrogens is 224 g/mol. The normalized spacial score (nSPS) is 12.2. The Bertz CT molecular complexity index is 387. The van der Waals surface area contributed by atoms with Crippen LogP contribution < -0.4 is 5.32 Å². The molecule has 5 heteroatoms. The van der Waals surface area contributed by atoms with Gasteiger partial charge in [-0.05, 0) is 20.8 Å². The smallest absolute Gasteiger partial charge is 0.253 e. The van der Waals surface area contributed by atoms with Crippen molar-refractivity contribution in [3.05, 3.63) is 23.4 Å². The molecule has 0 aromatic carbocycles. The monoisotopic (exact) mass is 240 g/mol. The van der Waals surface area contributed by atoms with Crippen LogP contribution in [0.4, 0.5) is 5.00 Å². The molecule has 0 radical (unpaired) electrons. The molecule has 0 aliphatic carbocycles. The minimum absolute atomic E-state index is 0.159. The molecule has 0 saturated carbocycles. The number of carbonyl (C=O) groups is 1. The van der Waals surface area contributed by atoms with E-state index in [-0.39, 0.29) is 5.91 Å². The van der Waals surface area contributed by atoms with Crippen LogP contribution in [-0.2, 0) is 9.53 Å². The highest BCUT2D eigenvalue weighted by atomic mass is 32.1. The number of thiazole rings is 1. The number of carbonyl (C=O) groups excluding carboxylic acids is 1. The molecule has 1 amide bonds. The Labute approximate surface area is 99.3 Å². The number of anilines is 1. The molecule has 0 fully saturated rings. The minimum Gasteiger partial charge on any atom is -0.365 e. The Kier molecular flexibility index (Phi) is 4.64. The maximum Gasteiger partial charge on any atom is 0.253 e. The van der Waals surface area contributed by atoms with Gasteiger partial charge >= 0.3 is 0 Å². The first-order chi connectivity index (χ1) is 7.54. The second kappa shape index (κ2) is 5.77. The van der Waals surface area contributed by atoms with Gasteiger partial charge < -0.3 is 10.1 Å². The molecule has 1 atom stereocenters. The molecular formula is C11H16N2O2S. The lowest BCUT2D eigenvalue weighted by atomic mass is 10.3. The van der Waals surface area contributed by atoms with Gasteiger partial charge in [0.1, 0.15) is 11.1 Å². The standard InChI is InChI=1S/C11H16N2O2S/c1-5-6-15-8(3)10(14)13-11-7(2)12-9(4)16-11/h5,8H,1,6H2,2-4H3,(H,13,14)/t8-/m0/s1. The number of rotatable bonds is 5. The fourth-order valence-electron chi connectivity index (χ4n) is 1.15. The van der Waals surface area contributed by atoms with Crippen LogP contribution >= 0.6 is 11.3 Å². The number of hydrogen-bond donors (Lipinski definition) is 1. The molecule has 1 heterocycles. The van der Waals surface area contributed by atoms with Crippen molar-refractivity contribution in [2.75, 3.05) is 11.9 Å². The molecule has 16 heavy (non-hydrogen) atoms. The van der Waals surface area contributed by atoms with Crippen LogP contribution in [0.3, 0.4) is 0 Å². The van der Waals surface area contributed by atoms with Crippen molar-refractivity contribution >= 4 is 22.2 Å². The summed E-state index contributed by atoms with van der Waals surface area (Å²) in [7, 11) is 0. The summed E-state index contributed by atoms with van der Waals surface area (Å²) in [5, 5.41) is 4.52. The maximum absolute atomic E-state index is 11.7. The highest BCUT2D eigenvalue weighted by Crippen LogP contribution is 2.23. The van der Waals surface area contributed by atoms with E-state index in [1.807, 2.05) is 13.8 Å². The molecule has 4 nitrogen and oxygen atoms in total. The fraction of sp³-hybridized carbons (Fsp3) is 0.455. The van der Waals surface area contributed by atoms with E-state index in [2.05, 4.69) is 16.9 Å². The van der Waals surface area contributed by atoms with E-state index in [1.54, 1.807) is 13.0 Å². The van der Waals surface area contributed by atoms with Crippen molar-refractivity contribution in [1.29, 1.82) is 0 Å². The predicted octanol–water partition coefficient (Wildman–Crippen LogP) is 2.29. The van der Waals surface area contributed by atoms with Crippen LogP contribution in [0.15, 0.2) is 12.7 Å². The largest absolute Gasteiger partial charge is 0.365 e. The first-order valence-electron chi connectivity index (χ1n) is 5.02. The van der Waals surface area contributed by atoms with Gasteiger partial charge in [-0.3, -0.25) is 4.79 Å². The van der Waals surface area contributed by atoms with Crippen molar-refractivity contribution in [1.82, 2.24) is 4.98 Å². The summed E-state index contributed by atoms with van der Waals surface area (Å²) in [6.45, 7) is 9.39. The van der Waals surface area contributed by atoms with Gasteiger partial charge in [-0.1, -0.05) is 6.08 Å². The van der Waals surface area contributed by atoms with Crippen LogP contribution in [0.1, 0.15) is 17.6 Å². The molecule has 1 aromatic rings. The number of nitrogens with one attached hydrogen (secondary N) is 1. The van der Waals surface area contributed by atoms with Gasteiger partial charge in [0, 0.05) is 0 Å². The summed E-state index contributed by atoms with van der Waals surface area (Å²) in [5.74, 6) is -0.159. The lowest BCUT2D eigenvalue weighted by Gasteiger charge is -2.11. The van der Waals surface area contributed by atoms with Gasteiger partial charge in [-0.15, -0.1) is 17.9 Å². The average molecular weight is 240 g/mol. The lowest BCUT2D eigenvalue weighted by Crippen LogP contribution is -2.27. The van der Waals surface area contributed by atoms with Crippen molar-refractivity contribution in [2.24, 2.45) is 0 Å². The maximum atomic E-state index is 11.7. The summed E-state index contributed by atoms with van der Waals surface area (Å²) >= 11 is 1.47. The first-order valence-corrected chi connectivity index (χ1v) is 5.83. The van der Waals surface area contributed by atoms with E-state index in [9.17, 15) is 4.79 Å². The predicted molar refractivity (Wildman–Crippen MR) is 65.8 cm³/mol. The Balaban J connectivity index is 2.57. The average Bonchev–Trinajstić information content (AvgIpc) is 2.53. The summed E-state index contributed by atoms with van der Waals surface area (Å²) in [6.07, 6.45) is 1.13. The molecule has 88 valence electrons. The molecule has 0 spiro atoms. The number of hydrogen-bond acceptors (Lipinski definition) is 4. The van der Waals surface area contributed by atoms with Crippen LogP contribution in [-0.4, -0.2) is 23.6 Å². The van der Waals surface area contributed by atoms with E-state index >= 15 is 0 Å². The number of amides is 1. The van der Waals surface area contributed by atoms with E-state index < -0.39 is 6.10 Å². The van der Waals surface area contributed by atoms with Gasteiger partial charge in [-0.2, -0.15) is 0 Å². The topological polar surface area (TPSA) is 51.2 Å². The molecule has 0 aliphatic heterocycles. The van der Waals surface area contributed by atoms with Crippen LogP contribution in [0.5, 0.6) is 0 Å². The Hall–Kier alpha value is -1.20. The van der Waals surface area contributed by atoms with E-state index in [1.165, 1.54) is 11.3 Å². The summed E-state index contributed by atoms with van der Waals surface area (Å²) in [4.78, 5) is 15.9. The van der Waals surface area contributed by atoms with Crippen molar-refractivity contribution in [2.45, 2.75) is 26.9 Å². The zero-order valence-corrected chi connectivity index (χ0v) is 10.6. The van der Waals surface area contributed by atoms with E-state index in [4.69, 9.17) is 4.74 Å². The third-order valence-corrected chi connectivity index (χ3v) is 2.96.